The van der Waals surface area contributed by atoms with E-state index in [1.807, 2.05) is 78.8 Å². The molecule has 0 saturated heterocycles. The highest BCUT2D eigenvalue weighted by atomic mass is 16.6. The van der Waals surface area contributed by atoms with Gasteiger partial charge >= 0.3 is 17.9 Å². The number of amides is 5. The molecule has 7 N–H and O–H groups in total. The maximum Gasteiger partial charge on any atom is 0.329 e. The number of esters is 3. The average Bonchev–Trinajstić information content (AvgIpc) is 3.31. The quantitative estimate of drug-likeness (QED) is 0.0209. The molecule has 0 heterocycles. The topological polar surface area (TPSA) is 250 Å². The van der Waals surface area contributed by atoms with Crippen LogP contribution in [-0.4, -0.2) is 95.4 Å². The van der Waals surface area contributed by atoms with Crippen LogP contribution in [0.25, 0.3) is 0 Å². The summed E-state index contributed by atoms with van der Waals surface area (Å²) >= 11 is 0. The summed E-state index contributed by atoms with van der Waals surface area (Å²) in [6, 6.07) is 2.19. The molecule has 1 aromatic carbocycles. The van der Waals surface area contributed by atoms with Gasteiger partial charge in [0.05, 0.1) is 18.9 Å². The maximum atomic E-state index is 14.4. The van der Waals surface area contributed by atoms with Crippen molar-refractivity contribution in [1.82, 2.24) is 26.6 Å². The first-order chi connectivity index (χ1) is 35.2. The lowest BCUT2D eigenvalue weighted by atomic mass is 9.97. The fourth-order valence-electron chi connectivity index (χ4n) is 8.41. The lowest BCUT2D eigenvalue weighted by Gasteiger charge is -2.30. The van der Waals surface area contributed by atoms with Crippen LogP contribution < -0.4 is 32.3 Å². The molecule has 0 aliphatic heterocycles. The lowest BCUT2D eigenvalue weighted by molar-refractivity contribution is -0.160. The predicted molar refractivity (Wildman–Crippen MR) is 293 cm³/mol. The number of carbonyl (C=O) groups excluding carboxylic acids is 8. The number of hydrogen-bond donors (Lipinski definition) is 6. The molecular weight excluding hydrogens is 957 g/mol. The Balaban J connectivity index is 3.46. The first-order valence-electron chi connectivity index (χ1n) is 28.1. The minimum absolute atomic E-state index is 0.0230. The number of benzene rings is 1. The zero-order chi connectivity index (χ0) is 56.8. The Bertz CT molecular complexity index is 1890. The van der Waals surface area contributed by atoms with Gasteiger partial charge in [0.2, 0.25) is 29.5 Å². The summed E-state index contributed by atoms with van der Waals surface area (Å²) in [6.45, 7) is 25.6. The Morgan fingerprint density at radius 3 is 1.52 bits per heavy atom. The van der Waals surface area contributed by atoms with Gasteiger partial charge in [-0.05, 0) is 88.0 Å². The van der Waals surface area contributed by atoms with Gasteiger partial charge in [0.25, 0.3) is 0 Å². The van der Waals surface area contributed by atoms with Crippen LogP contribution in [0, 0.1) is 29.6 Å². The zero-order valence-electron chi connectivity index (χ0n) is 48.4. The van der Waals surface area contributed by atoms with Crippen molar-refractivity contribution in [3.05, 3.63) is 35.9 Å². The third-order valence-corrected chi connectivity index (χ3v) is 12.7. The van der Waals surface area contributed by atoms with E-state index in [1.54, 1.807) is 41.5 Å². The monoisotopic (exact) mass is 1060 g/mol. The normalized spacial score (nSPS) is 14.9. The van der Waals surface area contributed by atoms with Gasteiger partial charge in [-0.1, -0.05) is 164 Å². The minimum atomic E-state index is -1.58. The number of hydrogen-bond acceptors (Lipinski definition) is 12. The highest BCUT2D eigenvalue weighted by molar-refractivity contribution is 5.97. The Morgan fingerprint density at radius 2 is 1.03 bits per heavy atom. The van der Waals surface area contributed by atoms with Crippen LogP contribution in [0.3, 0.4) is 0 Å². The van der Waals surface area contributed by atoms with Gasteiger partial charge in [0.1, 0.15) is 48.5 Å². The van der Waals surface area contributed by atoms with Gasteiger partial charge in [0.15, 0.2) is 0 Å². The van der Waals surface area contributed by atoms with E-state index in [9.17, 15) is 38.4 Å². The number of rotatable bonds is 37. The van der Waals surface area contributed by atoms with E-state index >= 15 is 0 Å². The Morgan fingerprint density at radius 1 is 0.547 bits per heavy atom. The van der Waals surface area contributed by atoms with Crippen molar-refractivity contribution in [2.24, 2.45) is 35.3 Å². The van der Waals surface area contributed by atoms with Gasteiger partial charge in [-0.15, -0.1) is 0 Å². The van der Waals surface area contributed by atoms with Crippen LogP contribution in [0.5, 0.6) is 0 Å². The van der Waals surface area contributed by atoms with Crippen molar-refractivity contribution in [2.75, 3.05) is 0 Å². The zero-order valence-corrected chi connectivity index (χ0v) is 48.4. The summed E-state index contributed by atoms with van der Waals surface area (Å²) in [4.78, 5) is 111. The lowest BCUT2D eigenvalue weighted by Crippen LogP contribution is -2.61. The second kappa shape index (κ2) is 36.1. The molecule has 0 saturated carbocycles. The molecule has 1 unspecified atom stereocenters. The van der Waals surface area contributed by atoms with Crippen molar-refractivity contribution in [3.8, 4) is 0 Å². The van der Waals surface area contributed by atoms with Crippen LogP contribution in [0.2, 0.25) is 0 Å². The van der Waals surface area contributed by atoms with Gasteiger partial charge in [0, 0.05) is 0 Å². The second-order valence-electron chi connectivity index (χ2n) is 23.1. The number of unbranched alkanes of at least 4 members (excludes halogenated alkanes) is 8. The van der Waals surface area contributed by atoms with E-state index in [4.69, 9.17) is 19.9 Å². The summed E-state index contributed by atoms with van der Waals surface area (Å²) < 4.78 is 17.2. The highest BCUT2D eigenvalue weighted by Gasteiger charge is 2.37. The van der Waals surface area contributed by atoms with E-state index in [1.165, 1.54) is 25.7 Å². The number of carbonyl (C=O) groups is 8. The van der Waals surface area contributed by atoms with Crippen LogP contribution in [0.1, 0.15) is 205 Å². The van der Waals surface area contributed by atoms with E-state index in [0.717, 1.165) is 37.7 Å². The molecule has 0 aliphatic rings. The molecule has 0 radical (unpaired) electrons. The molecule has 0 spiro atoms. The van der Waals surface area contributed by atoms with E-state index in [0.29, 0.717) is 19.3 Å². The molecule has 0 aromatic heterocycles. The minimum Gasteiger partial charge on any atom is -0.461 e. The summed E-state index contributed by atoms with van der Waals surface area (Å²) in [5.74, 6) is -6.56. The molecule has 5 amide bonds. The number of ether oxygens (including phenoxy) is 3. The van der Waals surface area contributed by atoms with Gasteiger partial charge in [-0.25, -0.2) is 4.79 Å². The standard InChI is InChI=1S/C58H100N6O11/c1-15-17-18-19-20-21-22-23-27-30-43(34-48(65)73-36-42-28-25-24-26-29-42)74-57(72)51(41(11)16-2)64-55(70)46(33-39(7)8)61-53(68)47(35-49(66)75-58(12,13)14)62-56(71)50(40(9)10)63-54(69)45(32-38(5)6)60-52(67)44(59)31-37(3)4/h24-26,28-29,37-41,43-47,50-51H,15-23,27,30-36,59H2,1-14H3,(H,60,67)(H,61,68)(H,62,71)(H,63,69)(H,64,70)/t41-,43?,44-,45-,46-,47-,50-,51-/m0/s1. The molecule has 17 nitrogen and oxygen atoms in total. The molecule has 1 rings (SSSR count). The molecule has 0 fully saturated rings. The van der Waals surface area contributed by atoms with Gasteiger partial charge in [-0.3, -0.25) is 33.6 Å². The fraction of sp³-hybridized carbons (Fsp3) is 0.759. The summed E-state index contributed by atoms with van der Waals surface area (Å²) in [7, 11) is 0. The van der Waals surface area contributed by atoms with Gasteiger partial charge in [-0.2, -0.15) is 0 Å². The average molecular weight is 1060 g/mol. The van der Waals surface area contributed by atoms with Crippen molar-refractivity contribution in [1.29, 1.82) is 0 Å². The summed E-state index contributed by atoms with van der Waals surface area (Å²) in [6.07, 6.45) is 9.79. The predicted octanol–water partition coefficient (Wildman–Crippen LogP) is 8.28. The van der Waals surface area contributed by atoms with E-state index in [2.05, 4.69) is 33.5 Å². The molecular formula is C58H100N6O11. The fourth-order valence-corrected chi connectivity index (χ4v) is 8.41. The summed E-state index contributed by atoms with van der Waals surface area (Å²) in [5.41, 5.74) is 6.01. The smallest absolute Gasteiger partial charge is 0.329 e. The van der Waals surface area contributed by atoms with E-state index in [-0.39, 0.29) is 43.6 Å². The van der Waals surface area contributed by atoms with Crippen LogP contribution in [0.15, 0.2) is 30.3 Å². The first-order valence-corrected chi connectivity index (χ1v) is 28.1. The molecule has 75 heavy (non-hydrogen) atoms. The Kier molecular flexibility index (Phi) is 32.7. The number of nitrogens with one attached hydrogen (secondary N) is 5. The second-order valence-corrected chi connectivity index (χ2v) is 23.1. The molecule has 428 valence electrons. The third-order valence-electron chi connectivity index (χ3n) is 12.7. The van der Waals surface area contributed by atoms with Crippen LogP contribution in [-0.2, 0) is 59.2 Å². The Hall–Kier alpha value is -5.06. The van der Waals surface area contributed by atoms with Gasteiger partial charge < -0.3 is 46.5 Å². The molecule has 0 aliphatic carbocycles. The summed E-state index contributed by atoms with van der Waals surface area (Å²) in [5, 5.41) is 13.7. The highest BCUT2D eigenvalue weighted by Crippen LogP contribution is 2.20. The first kappa shape index (κ1) is 68.0. The molecule has 0 bridgehead atoms. The molecule has 8 atom stereocenters. The molecule has 17 heteroatoms. The van der Waals surface area contributed by atoms with Crippen LogP contribution >= 0.6 is 0 Å². The Labute approximate surface area is 450 Å². The largest absolute Gasteiger partial charge is 0.461 e. The van der Waals surface area contributed by atoms with Crippen molar-refractivity contribution < 1.29 is 52.6 Å². The third kappa shape index (κ3) is 29.7. The maximum absolute atomic E-state index is 14.4. The van der Waals surface area contributed by atoms with Crippen LogP contribution in [0.4, 0.5) is 0 Å². The van der Waals surface area contributed by atoms with Crippen molar-refractivity contribution in [3.63, 3.8) is 0 Å². The van der Waals surface area contributed by atoms with Crippen molar-refractivity contribution in [2.45, 2.75) is 254 Å². The molecule has 1 aromatic rings. The van der Waals surface area contributed by atoms with Crippen molar-refractivity contribution >= 4 is 47.4 Å². The SMILES string of the molecule is CCCCCCCCCCCC(CC(=O)OCc1ccccc1)OC(=O)[C@@H](NC(=O)[C@H](CC(C)C)NC(=O)[C@H](CC(=O)OC(C)(C)C)NC(=O)[C@@H](NC(=O)[C@H](CC(C)C)NC(=O)[C@@H](N)CC(C)C)C(C)C)[C@@H](C)CC. The van der Waals surface area contributed by atoms with E-state index < -0.39 is 114 Å². The number of nitrogens with two attached hydrogens (primary N) is 1.